The molecule has 0 radical (unpaired) electrons. The lowest BCUT2D eigenvalue weighted by molar-refractivity contribution is 0.0526. The molecule has 2 N–H and O–H groups in total. The lowest BCUT2D eigenvalue weighted by Gasteiger charge is -2.05. The molecule has 0 aliphatic rings. The number of ether oxygens (including phenoxy) is 1. The highest BCUT2D eigenvalue weighted by Gasteiger charge is 2.11. The first kappa shape index (κ1) is 14.7. The first-order chi connectivity index (χ1) is 10.0. The van der Waals surface area contributed by atoms with Crippen LogP contribution >= 0.6 is 0 Å². The molecule has 6 nitrogen and oxygen atoms in total. The predicted molar refractivity (Wildman–Crippen MR) is 72.2 cm³/mol. The van der Waals surface area contributed by atoms with Crippen molar-refractivity contribution >= 4 is 11.9 Å². The van der Waals surface area contributed by atoms with Crippen molar-refractivity contribution in [2.75, 3.05) is 6.61 Å². The quantitative estimate of drug-likeness (QED) is 0.842. The zero-order valence-corrected chi connectivity index (χ0v) is 11.4. The number of nitrogens with two attached hydrogens (primary N) is 1. The van der Waals surface area contributed by atoms with Gasteiger partial charge in [0.2, 0.25) is 5.91 Å². The normalized spacial score (nSPS) is 10.4. The van der Waals surface area contributed by atoms with Crippen LogP contribution in [0, 0.1) is 5.82 Å². The molecule has 2 rings (SSSR count). The Morgan fingerprint density at radius 1 is 1.38 bits per heavy atom. The Kier molecular flexibility index (Phi) is 4.32. The second-order valence-corrected chi connectivity index (χ2v) is 4.32. The summed E-state index contributed by atoms with van der Waals surface area (Å²) in [5.74, 6) is -1.73. The van der Waals surface area contributed by atoms with Crippen molar-refractivity contribution in [3.63, 3.8) is 0 Å². The summed E-state index contributed by atoms with van der Waals surface area (Å²) in [6, 6.07) is 3.98. The summed E-state index contributed by atoms with van der Waals surface area (Å²) in [6.07, 6.45) is 2.83. The van der Waals surface area contributed by atoms with Gasteiger partial charge < -0.3 is 10.5 Å². The van der Waals surface area contributed by atoms with Gasteiger partial charge in [-0.05, 0) is 19.1 Å². The summed E-state index contributed by atoms with van der Waals surface area (Å²) in [4.78, 5) is 22.4. The molecule has 0 bridgehead atoms. The lowest BCUT2D eigenvalue weighted by Crippen LogP contribution is -2.12. The molecule has 0 fully saturated rings. The number of aromatic nitrogens is 2. The molecule has 0 atom stereocenters. The predicted octanol–water partition coefficient (Wildman–Crippen LogP) is 1.35. The standard InChI is InChI=1S/C14H14FN3O3/c1-2-21-14(20)11-6-17-18(8-11)7-10-4-3-9(13(16)19)5-12(10)15/h3-6,8H,2,7H2,1H3,(H2,16,19). The third-order valence-corrected chi connectivity index (χ3v) is 2.81. The smallest absolute Gasteiger partial charge is 0.341 e. The van der Waals surface area contributed by atoms with E-state index >= 15 is 0 Å². The molecule has 0 aliphatic heterocycles. The Balaban J connectivity index is 2.15. The van der Waals surface area contributed by atoms with Crippen LogP contribution in [-0.2, 0) is 11.3 Å². The maximum Gasteiger partial charge on any atom is 0.341 e. The van der Waals surface area contributed by atoms with Gasteiger partial charge in [0.25, 0.3) is 0 Å². The number of amides is 1. The van der Waals surface area contributed by atoms with E-state index in [0.29, 0.717) is 11.1 Å². The molecular formula is C14H14FN3O3. The average molecular weight is 291 g/mol. The van der Waals surface area contributed by atoms with Gasteiger partial charge in [-0.1, -0.05) is 6.07 Å². The number of carbonyl (C=O) groups is 2. The second-order valence-electron chi connectivity index (χ2n) is 4.32. The summed E-state index contributed by atoms with van der Waals surface area (Å²) in [5.41, 5.74) is 5.81. The number of benzene rings is 1. The highest BCUT2D eigenvalue weighted by molar-refractivity contribution is 5.92. The number of esters is 1. The van der Waals surface area contributed by atoms with Crippen LogP contribution in [0.4, 0.5) is 4.39 Å². The van der Waals surface area contributed by atoms with Crippen LogP contribution in [-0.4, -0.2) is 28.3 Å². The molecule has 0 saturated carbocycles. The minimum atomic E-state index is -0.691. The van der Waals surface area contributed by atoms with Crippen molar-refractivity contribution in [2.24, 2.45) is 5.73 Å². The Hall–Kier alpha value is -2.70. The van der Waals surface area contributed by atoms with E-state index in [-0.39, 0.29) is 18.7 Å². The third kappa shape index (κ3) is 3.44. The van der Waals surface area contributed by atoms with Crippen molar-refractivity contribution in [1.29, 1.82) is 0 Å². The summed E-state index contributed by atoms with van der Waals surface area (Å²) in [7, 11) is 0. The molecule has 0 unspecified atom stereocenters. The van der Waals surface area contributed by atoms with E-state index in [1.807, 2.05) is 0 Å². The summed E-state index contributed by atoms with van der Waals surface area (Å²) in [6.45, 7) is 2.11. The van der Waals surface area contributed by atoms with Gasteiger partial charge in [-0.25, -0.2) is 9.18 Å². The van der Waals surface area contributed by atoms with Crippen molar-refractivity contribution in [2.45, 2.75) is 13.5 Å². The molecule has 1 aromatic carbocycles. The molecule has 0 saturated heterocycles. The molecule has 110 valence electrons. The minimum absolute atomic E-state index is 0.101. The Morgan fingerprint density at radius 3 is 2.76 bits per heavy atom. The van der Waals surface area contributed by atoms with Gasteiger partial charge in [-0.3, -0.25) is 9.48 Å². The van der Waals surface area contributed by atoms with Crippen LogP contribution in [0.1, 0.15) is 33.2 Å². The summed E-state index contributed by atoms with van der Waals surface area (Å²) < 4.78 is 20.1. The maximum absolute atomic E-state index is 13.8. The SMILES string of the molecule is CCOC(=O)c1cnn(Cc2ccc(C(N)=O)cc2F)c1. The topological polar surface area (TPSA) is 87.2 Å². The van der Waals surface area contributed by atoms with Crippen LogP contribution < -0.4 is 5.73 Å². The van der Waals surface area contributed by atoms with E-state index in [1.165, 1.54) is 29.2 Å². The summed E-state index contributed by atoms with van der Waals surface area (Å²) >= 11 is 0. The number of hydrogen-bond acceptors (Lipinski definition) is 4. The van der Waals surface area contributed by atoms with Crippen LogP contribution in [0.5, 0.6) is 0 Å². The van der Waals surface area contributed by atoms with Crippen molar-refractivity contribution in [3.8, 4) is 0 Å². The van der Waals surface area contributed by atoms with E-state index in [1.54, 1.807) is 6.92 Å². The van der Waals surface area contributed by atoms with E-state index in [2.05, 4.69) is 5.10 Å². The van der Waals surface area contributed by atoms with Crippen molar-refractivity contribution < 1.29 is 18.7 Å². The molecule has 0 aliphatic carbocycles. The highest BCUT2D eigenvalue weighted by Crippen LogP contribution is 2.12. The Bertz CT molecular complexity index is 682. The number of carbonyl (C=O) groups excluding carboxylic acids is 2. The van der Waals surface area contributed by atoms with Gasteiger partial charge in [-0.2, -0.15) is 5.10 Å². The highest BCUT2D eigenvalue weighted by atomic mass is 19.1. The van der Waals surface area contributed by atoms with E-state index in [0.717, 1.165) is 6.07 Å². The number of hydrogen-bond donors (Lipinski definition) is 1. The van der Waals surface area contributed by atoms with Crippen LogP contribution in [0.2, 0.25) is 0 Å². The fraction of sp³-hybridized carbons (Fsp3) is 0.214. The molecule has 1 heterocycles. The number of nitrogens with zero attached hydrogens (tertiary/aromatic N) is 2. The van der Waals surface area contributed by atoms with E-state index in [4.69, 9.17) is 10.5 Å². The minimum Gasteiger partial charge on any atom is -0.462 e. The first-order valence-corrected chi connectivity index (χ1v) is 6.29. The number of rotatable bonds is 5. The van der Waals surface area contributed by atoms with Crippen LogP contribution in [0.15, 0.2) is 30.6 Å². The Labute approximate surface area is 120 Å². The van der Waals surface area contributed by atoms with Gasteiger partial charge in [0, 0.05) is 17.3 Å². The van der Waals surface area contributed by atoms with E-state index < -0.39 is 17.7 Å². The number of halogens is 1. The molecule has 1 aromatic heterocycles. The molecule has 7 heteroatoms. The zero-order chi connectivity index (χ0) is 15.4. The molecular weight excluding hydrogens is 277 g/mol. The van der Waals surface area contributed by atoms with Crippen molar-refractivity contribution in [1.82, 2.24) is 9.78 Å². The fourth-order valence-corrected chi connectivity index (χ4v) is 1.77. The average Bonchev–Trinajstić information content (AvgIpc) is 2.90. The fourth-order valence-electron chi connectivity index (χ4n) is 1.77. The molecule has 1 amide bonds. The maximum atomic E-state index is 13.8. The summed E-state index contributed by atoms with van der Waals surface area (Å²) in [5, 5.41) is 3.97. The van der Waals surface area contributed by atoms with Gasteiger partial charge in [0.05, 0.1) is 24.9 Å². The Morgan fingerprint density at radius 2 is 2.14 bits per heavy atom. The monoisotopic (exact) mass is 291 g/mol. The van der Waals surface area contributed by atoms with Crippen LogP contribution in [0.25, 0.3) is 0 Å². The van der Waals surface area contributed by atoms with Gasteiger partial charge >= 0.3 is 5.97 Å². The van der Waals surface area contributed by atoms with Gasteiger partial charge in [-0.15, -0.1) is 0 Å². The molecule has 2 aromatic rings. The largest absolute Gasteiger partial charge is 0.462 e. The molecule has 0 spiro atoms. The second kappa shape index (κ2) is 6.17. The van der Waals surface area contributed by atoms with Gasteiger partial charge in [0.15, 0.2) is 0 Å². The zero-order valence-electron chi connectivity index (χ0n) is 11.4. The third-order valence-electron chi connectivity index (χ3n) is 2.81. The number of primary amides is 1. The lowest BCUT2D eigenvalue weighted by atomic mass is 10.1. The first-order valence-electron chi connectivity index (χ1n) is 6.29. The van der Waals surface area contributed by atoms with E-state index in [9.17, 15) is 14.0 Å². The van der Waals surface area contributed by atoms with Gasteiger partial charge in [0.1, 0.15) is 5.82 Å². The molecule has 21 heavy (non-hydrogen) atoms. The van der Waals surface area contributed by atoms with Crippen LogP contribution in [0.3, 0.4) is 0 Å². The van der Waals surface area contributed by atoms with Crippen molar-refractivity contribution in [3.05, 3.63) is 53.1 Å².